The van der Waals surface area contributed by atoms with Crippen LogP contribution in [0.5, 0.6) is 0 Å². The molecule has 2 aliphatic carbocycles. The number of hydrogen-bond donors (Lipinski definition) is 0. The Hall–Kier alpha value is -0.473. The molecule has 1 aromatic rings. The zero-order valence-electron chi connectivity index (χ0n) is 11.1. The molecule has 0 bridgehead atoms. The predicted molar refractivity (Wildman–Crippen MR) is 76.3 cm³/mol. The normalized spacial score (nSPS) is 19.9. The summed E-state index contributed by atoms with van der Waals surface area (Å²) in [6, 6.07) is 6.98. The summed E-state index contributed by atoms with van der Waals surface area (Å²) in [5, 5.41) is 1.52. The number of hydrogen-bond acceptors (Lipinski definition) is 0. The fraction of sp³-hybridized carbons (Fsp3) is 0.250. The number of fused-ring (bicyclic) bond motifs is 3. The monoisotopic (exact) mass is 417 g/mol. The van der Waals surface area contributed by atoms with Crippen LogP contribution in [0.1, 0.15) is 17.0 Å². The third-order valence-corrected chi connectivity index (χ3v) is 5.60. The summed E-state index contributed by atoms with van der Waals surface area (Å²) in [6.45, 7) is 7.18. The minimum atomic E-state index is -1.21. The van der Waals surface area contributed by atoms with Gasteiger partial charge in [0.1, 0.15) is 0 Å². The maximum Gasteiger partial charge on any atom is 0.0665 e. The molecule has 1 atom stereocenters. The van der Waals surface area contributed by atoms with Crippen LogP contribution in [0.15, 0.2) is 48.1 Å². The summed E-state index contributed by atoms with van der Waals surface area (Å²) in [7, 11) is -1.21. The first-order valence-corrected chi connectivity index (χ1v) is 9.69. The maximum atomic E-state index is 3.55. The van der Waals surface area contributed by atoms with Crippen molar-refractivity contribution in [2.75, 3.05) is 0 Å². The van der Waals surface area contributed by atoms with Gasteiger partial charge in [-0.3, -0.25) is 0 Å². The van der Waals surface area contributed by atoms with Crippen molar-refractivity contribution >= 4 is 13.3 Å². The van der Waals surface area contributed by atoms with E-state index in [4.69, 9.17) is 0 Å². The molecule has 0 saturated heterocycles. The summed E-state index contributed by atoms with van der Waals surface area (Å²) in [6.07, 6.45) is 12.2. The molecule has 1 unspecified atom stereocenters. The molecule has 1 aromatic carbocycles. The SMILES string of the molecule is C[Si](C)(C)c1ccc2c(c1)[C-]=C1C=CC=CC12.[Hf]. The van der Waals surface area contributed by atoms with Crippen LogP contribution < -0.4 is 5.19 Å². The first-order chi connectivity index (χ1) is 8.05. The van der Waals surface area contributed by atoms with Crippen LogP contribution >= 0.6 is 0 Å². The molecule has 0 saturated carbocycles. The van der Waals surface area contributed by atoms with E-state index < -0.39 is 8.07 Å². The van der Waals surface area contributed by atoms with E-state index in [1.54, 1.807) is 0 Å². The number of benzene rings is 1. The molecule has 2 heteroatoms. The third kappa shape index (κ3) is 2.33. The van der Waals surface area contributed by atoms with Crippen LogP contribution in [-0.2, 0) is 25.8 Å². The maximum absolute atomic E-state index is 3.55. The Morgan fingerprint density at radius 3 is 2.61 bits per heavy atom. The minimum absolute atomic E-state index is 0. The molecule has 2 aliphatic rings. The third-order valence-electron chi connectivity index (χ3n) is 3.56. The van der Waals surface area contributed by atoms with Crippen LogP contribution in [0.4, 0.5) is 0 Å². The Kier molecular flexibility index (Phi) is 3.79. The number of rotatable bonds is 1. The molecule has 0 aromatic heterocycles. The van der Waals surface area contributed by atoms with Gasteiger partial charge in [0.15, 0.2) is 0 Å². The smallest absolute Gasteiger partial charge is 0.0665 e. The van der Waals surface area contributed by atoms with E-state index in [-0.39, 0.29) is 25.8 Å². The molecule has 0 amide bonds. The Labute approximate surface area is 129 Å². The van der Waals surface area contributed by atoms with Gasteiger partial charge >= 0.3 is 0 Å². The summed E-state index contributed by atoms with van der Waals surface area (Å²) < 4.78 is 0. The van der Waals surface area contributed by atoms with Crippen molar-refractivity contribution < 1.29 is 25.8 Å². The van der Waals surface area contributed by atoms with Gasteiger partial charge in [0, 0.05) is 25.8 Å². The Morgan fingerprint density at radius 1 is 1.11 bits per heavy atom. The van der Waals surface area contributed by atoms with Gasteiger partial charge in [-0.25, -0.2) is 0 Å². The van der Waals surface area contributed by atoms with E-state index in [0.717, 1.165) is 0 Å². The van der Waals surface area contributed by atoms with Gasteiger partial charge in [0.2, 0.25) is 0 Å². The van der Waals surface area contributed by atoms with Crippen LogP contribution in [0.25, 0.3) is 0 Å². The zero-order valence-corrected chi connectivity index (χ0v) is 15.7. The predicted octanol–water partition coefficient (Wildman–Crippen LogP) is 3.53. The quantitative estimate of drug-likeness (QED) is 0.486. The van der Waals surface area contributed by atoms with Gasteiger partial charge in [-0.05, 0) is 5.92 Å². The summed E-state index contributed by atoms with van der Waals surface area (Å²) in [5.41, 5.74) is 4.04. The van der Waals surface area contributed by atoms with Crippen molar-refractivity contribution in [3.05, 3.63) is 65.3 Å². The van der Waals surface area contributed by atoms with Crippen LogP contribution in [0, 0.1) is 6.08 Å². The summed E-state index contributed by atoms with van der Waals surface area (Å²) in [5.74, 6) is 0.450. The molecule has 0 N–H and O–H groups in total. The standard InChI is InChI=1S/C16H17Si.Hf/c1-17(2,3)14-8-9-16-13(11-14)10-12-6-4-5-7-15(12)16;/h4-9,11,15H,1-3H3;/q-1;. The van der Waals surface area contributed by atoms with E-state index in [2.05, 4.69) is 68.2 Å². The van der Waals surface area contributed by atoms with Crippen LogP contribution in [-0.4, -0.2) is 8.07 Å². The molecule has 90 valence electrons. The molecule has 0 fully saturated rings. The average Bonchev–Trinajstić information content (AvgIpc) is 2.65. The van der Waals surface area contributed by atoms with Crippen molar-refractivity contribution in [1.82, 2.24) is 0 Å². The fourth-order valence-electron chi connectivity index (χ4n) is 2.49. The second kappa shape index (κ2) is 4.90. The molecule has 0 spiro atoms. The Bertz CT molecular complexity index is 559. The first kappa shape index (κ1) is 13.9. The topological polar surface area (TPSA) is 0 Å². The molecular weight excluding hydrogens is 399 g/mol. The van der Waals surface area contributed by atoms with Crippen molar-refractivity contribution in [3.63, 3.8) is 0 Å². The van der Waals surface area contributed by atoms with E-state index in [1.165, 1.54) is 21.9 Å². The van der Waals surface area contributed by atoms with Crippen molar-refractivity contribution in [3.8, 4) is 0 Å². The van der Waals surface area contributed by atoms with Gasteiger partial charge in [-0.1, -0.05) is 37.9 Å². The summed E-state index contributed by atoms with van der Waals surface area (Å²) >= 11 is 0. The second-order valence-corrected chi connectivity index (χ2v) is 10.9. The van der Waals surface area contributed by atoms with Crippen molar-refractivity contribution in [1.29, 1.82) is 0 Å². The van der Waals surface area contributed by atoms with E-state index in [1.807, 2.05) is 0 Å². The molecule has 18 heavy (non-hydrogen) atoms. The molecule has 0 nitrogen and oxygen atoms in total. The Morgan fingerprint density at radius 2 is 1.89 bits per heavy atom. The average molecular weight is 416 g/mol. The summed E-state index contributed by atoms with van der Waals surface area (Å²) in [4.78, 5) is 0. The van der Waals surface area contributed by atoms with E-state index in [9.17, 15) is 0 Å². The van der Waals surface area contributed by atoms with Crippen LogP contribution in [0.2, 0.25) is 19.6 Å². The minimum Gasteiger partial charge on any atom is -0.145 e. The van der Waals surface area contributed by atoms with E-state index >= 15 is 0 Å². The Balaban J connectivity index is 0.00000120. The van der Waals surface area contributed by atoms with Crippen molar-refractivity contribution in [2.24, 2.45) is 0 Å². The molecule has 3 rings (SSSR count). The van der Waals surface area contributed by atoms with Gasteiger partial charge in [-0.2, -0.15) is 0 Å². The molecule has 0 radical (unpaired) electrons. The van der Waals surface area contributed by atoms with Crippen LogP contribution in [0.3, 0.4) is 0 Å². The molecular formula is C16H17HfSi-. The van der Waals surface area contributed by atoms with E-state index in [0.29, 0.717) is 5.92 Å². The number of allylic oxidation sites excluding steroid dienone is 5. The zero-order chi connectivity index (χ0) is 12.0. The fourth-order valence-corrected chi connectivity index (χ4v) is 3.65. The first-order valence-electron chi connectivity index (χ1n) is 6.19. The van der Waals surface area contributed by atoms with Gasteiger partial charge in [0.05, 0.1) is 8.07 Å². The second-order valence-electron chi connectivity index (χ2n) is 5.85. The molecule has 0 aliphatic heterocycles. The van der Waals surface area contributed by atoms with Gasteiger partial charge < -0.3 is 0 Å². The molecule has 0 heterocycles. The van der Waals surface area contributed by atoms with Gasteiger partial charge in [0.25, 0.3) is 0 Å². The van der Waals surface area contributed by atoms with Crippen molar-refractivity contribution in [2.45, 2.75) is 25.6 Å². The largest absolute Gasteiger partial charge is 0.145 e. The van der Waals surface area contributed by atoms with Gasteiger partial charge in [-0.15, -0.1) is 52.2 Å².